The average Bonchev–Trinajstić information content (AvgIpc) is 2.70. The van der Waals surface area contributed by atoms with Crippen molar-refractivity contribution >= 4 is 35.3 Å². The largest absolute Gasteiger partial charge is 0.481 e. The summed E-state index contributed by atoms with van der Waals surface area (Å²) in [5.74, 6) is -0.768. The lowest BCUT2D eigenvalue weighted by Gasteiger charge is -2.10. The summed E-state index contributed by atoms with van der Waals surface area (Å²) in [7, 11) is 0. The van der Waals surface area contributed by atoms with Crippen molar-refractivity contribution in [3.63, 3.8) is 0 Å². The number of benzene rings is 1. The summed E-state index contributed by atoms with van der Waals surface area (Å²) in [4.78, 5) is 34.2. The molecule has 1 rings (SSSR count). The molecule has 168 valence electrons. The minimum Gasteiger partial charge on any atom is -0.481 e. The molecule has 0 aromatic heterocycles. The van der Waals surface area contributed by atoms with E-state index in [4.69, 9.17) is 10.2 Å². The fourth-order valence-corrected chi connectivity index (χ4v) is 4.07. The molecule has 0 radical (unpaired) electrons. The van der Waals surface area contributed by atoms with Gasteiger partial charge in [-0.05, 0) is 37.1 Å². The third-order valence-electron chi connectivity index (χ3n) is 4.75. The third kappa shape index (κ3) is 14.0. The molecule has 0 aliphatic heterocycles. The van der Waals surface area contributed by atoms with E-state index in [-0.39, 0.29) is 18.7 Å². The molecule has 0 heterocycles. The monoisotopic (exact) mass is 437 g/mol. The van der Waals surface area contributed by atoms with Crippen LogP contribution in [-0.2, 0) is 14.4 Å². The molecule has 0 fully saturated rings. The van der Waals surface area contributed by atoms with E-state index in [1.807, 2.05) is 24.3 Å². The van der Waals surface area contributed by atoms with Gasteiger partial charge in [-0.15, -0.1) is 11.8 Å². The van der Waals surface area contributed by atoms with Crippen molar-refractivity contribution in [3.05, 3.63) is 24.3 Å². The van der Waals surface area contributed by atoms with Crippen molar-refractivity contribution in [2.45, 2.75) is 88.4 Å². The van der Waals surface area contributed by atoms with Crippen LogP contribution in [0.3, 0.4) is 0 Å². The first kappa shape index (κ1) is 26.0. The maximum atomic E-state index is 12.2. The summed E-state index contributed by atoms with van der Waals surface area (Å²) in [5, 5.41) is 20.3. The molecule has 1 aromatic rings. The van der Waals surface area contributed by atoms with Gasteiger partial charge in [0, 0.05) is 24.2 Å². The van der Waals surface area contributed by atoms with E-state index < -0.39 is 11.9 Å². The number of amides is 1. The molecule has 3 N–H and O–H groups in total. The van der Waals surface area contributed by atoms with E-state index in [1.54, 1.807) is 11.8 Å². The van der Waals surface area contributed by atoms with E-state index in [9.17, 15) is 14.4 Å². The highest BCUT2D eigenvalue weighted by Crippen LogP contribution is 2.28. The Morgan fingerprint density at radius 1 is 0.700 bits per heavy atom. The molecular weight excluding hydrogens is 402 g/mol. The van der Waals surface area contributed by atoms with Crippen molar-refractivity contribution in [1.82, 2.24) is 0 Å². The first-order chi connectivity index (χ1) is 14.5. The fourth-order valence-electron chi connectivity index (χ4n) is 3.11. The molecule has 0 spiro atoms. The van der Waals surface area contributed by atoms with Crippen molar-refractivity contribution < 1.29 is 24.6 Å². The molecule has 7 heteroatoms. The van der Waals surface area contributed by atoms with Crippen molar-refractivity contribution in [2.24, 2.45) is 0 Å². The Bertz CT molecular complexity index is 650. The van der Waals surface area contributed by atoms with Gasteiger partial charge in [0.1, 0.15) is 0 Å². The molecule has 0 saturated heterocycles. The molecular formula is C23H35NO5S. The summed E-state index contributed by atoms with van der Waals surface area (Å²) in [5.41, 5.74) is 0.797. The van der Waals surface area contributed by atoms with Gasteiger partial charge >= 0.3 is 11.9 Å². The minimum atomic E-state index is -0.784. The Morgan fingerprint density at radius 3 is 1.80 bits per heavy atom. The second-order valence-electron chi connectivity index (χ2n) is 7.47. The van der Waals surface area contributed by atoms with Crippen molar-refractivity contribution in [3.8, 4) is 0 Å². The van der Waals surface area contributed by atoms with Crippen LogP contribution in [0.2, 0.25) is 0 Å². The quantitative estimate of drug-likeness (QED) is 0.193. The molecule has 0 bridgehead atoms. The molecule has 0 aliphatic carbocycles. The average molecular weight is 438 g/mol. The number of aliphatic carboxylic acids is 2. The predicted molar refractivity (Wildman–Crippen MR) is 121 cm³/mol. The van der Waals surface area contributed by atoms with Crippen LogP contribution in [0.25, 0.3) is 0 Å². The Balaban J connectivity index is 2.10. The number of anilines is 1. The number of nitrogens with one attached hydrogen (secondary N) is 1. The van der Waals surface area contributed by atoms with E-state index in [0.29, 0.717) is 18.6 Å². The van der Waals surface area contributed by atoms with Gasteiger partial charge in [-0.3, -0.25) is 14.4 Å². The number of carboxylic acid groups (broad SMARTS) is 2. The molecule has 0 saturated carbocycles. The summed E-state index contributed by atoms with van der Waals surface area (Å²) >= 11 is 1.57. The molecule has 30 heavy (non-hydrogen) atoms. The summed E-state index contributed by atoms with van der Waals surface area (Å²) in [6.07, 6.45) is 10.9. The Labute approximate surface area is 183 Å². The molecule has 0 aliphatic rings. The highest BCUT2D eigenvalue weighted by molar-refractivity contribution is 7.99. The number of carbonyl (C=O) groups is 3. The number of unbranched alkanes of at least 4 members (excludes halogenated alkanes) is 8. The van der Waals surface area contributed by atoms with Gasteiger partial charge < -0.3 is 15.5 Å². The molecule has 6 nitrogen and oxygen atoms in total. The van der Waals surface area contributed by atoms with E-state index in [0.717, 1.165) is 61.9 Å². The highest BCUT2D eigenvalue weighted by atomic mass is 32.2. The second kappa shape index (κ2) is 16.7. The maximum absolute atomic E-state index is 12.2. The molecule has 0 unspecified atom stereocenters. The smallest absolute Gasteiger partial charge is 0.303 e. The molecule has 0 atom stereocenters. The summed E-state index contributed by atoms with van der Waals surface area (Å²) in [6.45, 7) is 0. The van der Waals surface area contributed by atoms with Gasteiger partial charge in [-0.25, -0.2) is 0 Å². The van der Waals surface area contributed by atoms with Gasteiger partial charge in [0.15, 0.2) is 0 Å². The Hall–Kier alpha value is -2.02. The predicted octanol–water partition coefficient (Wildman–Crippen LogP) is 5.96. The second-order valence-corrected chi connectivity index (χ2v) is 8.60. The van der Waals surface area contributed by atoms with Gasteiger partial charge in [-0.2, -0.15) is 0 Å². The standard InChI is InChI=1S/C23H35NO5S/c25-21(15-8-6-4-2-1-3-5-7-9-16-22(26)27)24-19-13-10-11-14-20(19)30-18-12-17-23(28)29/h10-11,13-14H,1-9,12,15-18H2,(H,24,25)(H,26,27)(H,28,29). The van der Waals surface area contributed by atoms with Crippen LogP contribution in [0.1, 0.15) is 83.5 Å². The van der Waals surface area contributed by atoms with Crippen LogP contribution in [0, 0.1) is 0 Å². The number of rotatable bonds is 18. The normalized spacial score (nSPS) is 10.7. The van der Waals surface area contributed by atoms with Crippen LogP contribution in [0.4, 0.5) is 5.69 Å². The first-order valence-corrected chi connectivity index (χ1v) is 11.9. The number of carbonyl (C=O) groups excluding carboxylic acids is 1. The van der Waals surface area contributed by atoms with E-state index >= 15 is 0 Å². The number of thioether (sulfide) groups is 1. The third-order valence-corrected chi connectivity index (χ3v) is 5.91. The zero-order chi connectivity index (χ0) is 22.0. The number of hydrogen-bond donors (Lipinski definition) is 3. The molecule has 1 amide bonds. The zero-order valence-electron chi connectivity index (χ0n) is 17.7. The van der Waals surface area contributed by atoms with Crippen LogP contribution >= 0.6 is 11.8 Å². The van der Waals surface area contributed by atoms with Crippen molar-refractivity contribution in [2.75, 3.05) is 11.1 Å². The van der Waals surface area contributed by atoms with Crippen LogP contribution in [-0.4, -0.2) is 33.8 Å². The van der Waals surface area contributed by atoms with Gasteiger partial charge in [0.2, 0.25) is 5.91 Å². The van der Waals surface area contributed by atoms with E-state index in [1.165, 1.54) is 6.42 Å². The summed E-state index contributed by atoms with van der Waals surface area (Å²) < 4.78 is 0. The topological polar surface area (TPSA) is 104 Å². The Morgan fingerprint density at radius 2 is 1.20 bits per heavy atom. The summed E-state index contributed by atoms with van der Waals surface area (Å²) in [6, 6.07) is 7.64. The lowest BCUT2D eigenvalue weighted by Crippen LogP contribution is -2.11. The minimum absolute atomic E-state index is 0.0204. The number of hydrogen-bond acceptors (Lipinski definition) is 4. The maximum Gasteiger partial charge on any atom is 0.303 e. The van der Waals surface area contributed by atoms with E-state index in [2.05, 4.69) is 5.32 Å². The van der Waals surface area contributed by atoms with Crippen LogP contribution in [0.15, 0.2) is 29.2 Å². The fraction of sp³-hybridized carbons (Fsp3) is 0.609. The SMILES string of the molecule is O=C(O)CCCCCCCCCCCC(=O)Nc1ccccc1SCCCC(=O)O. The highest BCUT2D eigenvalue weighted by Gasteiger charge is 2.07. The van der Waals surface area contributed by atoms with Gasteiger partial charge in [-0.1, -0.05) is 57.1 Å². The van der Waals surface area contributed by atoms with Gasteiger partial charge in [0.25, 0.3) is 0 Å². The first-order valence-electron chi connectivity index (χ1n) is 10.9. The number of para-hydroxylation sites is 1. The van der Waals surface area contributed by atoms with Crippen LogP contribution < -0.4 is 5.32 Å². The lowest BCUT2D eigenvalue weighted by atomic mass is 10.1. The molecule has 1 aromatic carbocycles. The lowest BCUT2D eigenvalue weighted by molar-refractivity contribution is -0.138. The van der Waals surface area contributed by atoms with Crippen molar-refractivity contribution in [1.29, 1.82) is 0 Å². The van der Waals surface area contributed by atoms with Crippen LogP contribution in [0.5, 0.6) is 0 Å². The number of carboxylic acids is 2. The zero-order valence-corrected chi connectivity index (χ0v) is 18.6. The van der Waals surface area contributed by atoms with Gasteiger partial charge in [0.05, 0.1) is 5.69 Å². The Kier molecular flexibility index (Phi) is 14.5.